The van der Waals surface area contributed by atoms with E-state index in [9.17, 15) is 19.3 Å². The van der Waals surface area contributed by atoms with Crippen LogP contribution in [-0.2, 0) is 0 Å². The molecule has 0 heterocycles. The average molecular weight is 445 g/mol. The van der Waals surface area contributed by atoms with Crippen LogP contribution in [0.3, 0.4) is 0 Å². The maximum absolute atomic E-state index is 13.6. The van der Waals surface area contributed by atoms with Gasteiger partial charge in [-0.2, -0.15) is 0 Å². The van der Waals surface area contributed by atoms with Crippen LogP contribution in [0.25, 0.3) is 0 Å². The van der Waals surface area contributed by atoms with Crippen LogP contribution in [0.1, 0.15) is 10.4 Å². The number of non-ortho nitro benzene ring substituents is 1. The first-order valence-electron chi connectivity index (χ1n) is 6.18. The molecule has 118 valence electrons. The van der Waals surface area contributed by atoms with E-state index in [1.807, 2.05) is 6.07 Å². The van der Waals surface area contributed by atoms with Crippen molar-refractivity contribution in [3.63, 3.8) is 0 Å². The molecular weight excluding hydrogens is 436 g/mol. The number of carbonyl (C=O) groups is 1. The molecule has 1 amide bonds. The number of nitrogens with one attached hydrogen (secondary N) is 2. The molecule has 2 aromatic rings. The van der Waals surface area contributed by atoms with Crippen molar-refractivity contribution in [3.05, 3.63) is 67.5 Å². The van der Waals surface area contributed by atoms with E-state index in [-0.39, 0.29) is 16.5 Å². The van der Waals surface area contributed by atoms with E-state index in [0.717, 1.165) is 21.8 Å². The Labute approximate surface area is 149 Å². The Kier molecular flexibility index (Phi) is 5.55. The summed E-state index contributed by atoms with van der Waals surface area (Å²) in [4.78, 5) is 22.1. The number of nitro benzene ring substituents is 1. The van der Waals surface area contributed by atoms with Gasteiger partial charge in [-0.3, -0.25) is 20.2 Å². The van der Waals surface area contributed by atoms with Gasteiger partial charge in [-0.1, -0.05) is 6.07 Å². The van der Waals surface area contributed by atoms with Gasteiger partial charge in [0.1, 0.15) is 5.82 Å². The standard InChI is InChI=1S/C14H9FIN3O3S/c15-11-5-4-10(19(21)22)7-12(11)17-14(23)18-13(20)8-2-1-3-9(16)6-8/h1-7H,(H2,17,18,20,23). The van der Waals surface area contributed by atoms with Gasteiger partial charge in [0.05, 0.1) is 10.6 Å². The molecule has 0 unspecified atom stereocenters. The van der Waals surface area contributed by atoms with Crippen LogP contribution in [-0.4, -0.2) is 15.9 Å². The molecule has 0 spiro atoms. The quantitative estimate of drug-likeness (QED) is 0.327. The van der Waals surface area contributed by atoms with E-state index in [2.05, 4.69) is 33.2 Å². The minimum absolute atomic E-state index is 0.159. The number of anilines is 1. The summed E-state index contributed by atoms with van der Waals surface area (Å²) in [6.45, 7) is 0. The van der Waals surface area contributed by atoms with Crippen LogP contribution in [0.5, 0.6) is 0 Å². The van der Waals surface area contributed by atoms with Crippen LogP contribution in [0.4, 0.5) is 15.8 Å². The third-order valence-electron chi connectivity index (χ3n) is 2.72. The van der Waals surface area contributed by atoms with E-state index >= 15 is 0 Å². The van der Waals surface area contributed by atoms with Gasteiger partial charge in [0.25, 0.3) is 11.6 Å². The Balaban J connectivity index is 2.09. The minimum atomic E-state index is -0.721. The summed E-state index contributed by atoms with van der Waals surface area (Å²) in [5, 5.41) is 15.4. The zero-order chi connectivity index (χ0) is 17.0. The van der Waals surface area contributed by atoms with Crippen molar-refractivity contribution in [1.29, 1.82) is 0 Å². The topological polar surface area (TPSA) is 84.3 Å². The van der Waals surface area contributed by atoms with Gasteiger partial charge in [0, 0.05) is 21.3 Å². The zero-order valence-electron chi connectivity index (χ0n) is 11.4. The van der Waals surface area contributed by atoms with Gasteiger partial charge < -0.3 is 5.32 Å². The molecule has 0 aliphatic heterocycles. The lowest BCUT2D eigenvalue weighted by Crippen LogP contribution is -2.34. The third kappa shape index (κ3) is 4.66. The van der Waals surface area contributed by atoms with Crippen molar-refractivity contribution >= 4 is 57.2 Å². The first-order chi connectivity index (χ1) is 10.9. The highest BCUT2D eigenvalue weighted by molar-refractivity contribution is 14.1. The lowest BCUT2D eigenvalue weighted by Gasteiger charge is -2.10. The van der Waals surface area contributed by atoms with Gasteiger partial charge in [-0.15, -0.1) is 0 Å². The molecule has 9 heteroatoms. The molecule has 0 bridgehead atoms. The van der Waals surface area contributed by atoms with Gasteiger partial charge >= 0.3 is 0 Å². The molecule has 0 saturated heterocycles. The van der Waals surface area contributed by atoms with Crippen molar-refractivity contribution in [3.8, 4) is 0 Å². The van der Waals surface area contributed by atoms with Crippen molar-refractivity contribution in [2.45, 2.75) is 0 Å². The van der Waals surface area contributed by atoms with Crippen LogP contribution >= 0.6 is 34.8 Å². The molecular formula is C14H9FIN3O3S. The molecule has 0 aliphatic carbocycles. The van der Waals surface area contributed by atoms with Crippen LogP contribution in [0, 0.1) is 19.5 Å². The number of nitro groups is 1. The third-order valence-corrected chi connectivity index (χ3v) is 3.60. The molecule has 0 aromatic heterocycles. The SMILES string of the molecule is O=C(NC(=S)Nc1cc([N+](=O)[O-])ccc1F)c1cccc(I)c1. The Morgan fingerprint density at radius 3 is 2.65 bits per heavy atom. The second kappa shape index (κ2) is 7.42. The number of rotatable bonds is 3. The molecule has 0 fully saturated rings. The van der Waals surface area contributed by atoms with Gasteiger partial charge in [-0.25, -0.2) is 4.39 Å². The van der Waals surface area contributed by atoms with E-state index in [4.69, 9.17) is 12.2 Å². The Morgan fingerprint density at radius 2 is 2.00 bits per heavy atom. The summed E-state index contributed by atoms with van der Waals surface area (Å²) in [7, 11) is 0. The molecule has 0 aliphatic rings. The number of halogens is 2. The monoisotopic (exact) mass is 445 g/mol. The van der Waals surface area contributed by atoms with E-state index in [0.29, 0.717) is 5.56 Å². The first-order valence-corrected chi connectivity index (χ1v) is 7.67. The van der Waals surface area contributed by atoms with Crippen LogP contribution < -0.4 is 10.6 Å². The molecule has 0 atom stereocenters. The predicted octanol–water partition coefficient (Wildman–Crippen LogP) is 3.47. The van der Waals surface area contributed by atoms with Crippen LogP contribution in [0.15, 0.2) is 42.5 Å². The van der Waals surface area contributed by atoms with E-state index in [1.165, 1.54) is 0 Å². The molecule has 2 N–H and O–H groups in total. The number of thiocarbonyl (C=S) groups is 1. The van der Waals surface area contributed by atoms with Crippen molar-refractivity contribution < 1.29 is 14.1 Å². The fraction of sp³-hybridized carbons (Fsp3) is 0. The number of hydrogen-bond acceptors (Lipinski definition) is 4. The summed E-state index contributed by atoms with van der Waals surface area (Å²) < 4.78 is 14.5. The summed E-state index contributed by atoms with van der Waals surface area (Å²) in [5.41, 5.74) is -0.0895. The summed E-state index contributed by atoms with van der Waals surface area (Å²) in [6.07, 6.45) is 0. The predicted molar refractivity (Wildman–Crippen MR) is 95.9 cm³/mol. The number of benzene rings is 2. The maximum atomic E-state index is 13.6. The van der Waals surface area contributed by atoms with Gasteiger partial charge in [0.2, 0.25) is 0 Å². The van der Waals surface area contributed by atoms with Crippen LogP contribution in [0.2, 0.25) is 0 Å². The summed E-state index contributed by atoms with van der Waals surface area (Å²) in [5.74, 6) is -1.19. The minimum Gasteiger partial charge on any atom is -0.330 e. The smallest absolute Gasteiger partial charge is 0.271 e. The van der Waals surface area contributed by atoms with E-state index < -0.39 is 16.6 Å². The Bertz CT molecular complexity index is 801. The molecule has 0 saturated carbocycles. The normalized spacial score (nSPS) is 10.0. The molecule has 2 rings (SSSR count). The lowest BCUT2D eigenvalue weighted by atomic mass is 10.2. The molecule has 6 nitrogen and oxygen atoms in total. The van der Waals surface area contributed by atoms with Crippen molar-refractivity contribution in [2.75, 3.05) is 5.32 Å². The second-order valence-corrected chi connectivity index (χ2v) is 5.99. The first kappa shape index (κ1) is 17.2. The highest BCUT2D eigenvalue weighted by atomic mass is 127. The second-order valence-electron chi connectivity index (χ2n) is 4.34. The highest BCUT2D eigenvalue weighted by Crippen LogP contribution is 2.21. The summed E-state index contributed by atoms with van der Waals surface area (Å²) >= 11 is 7.00. The average Bonchev–Trinajstić information content (AvgIpc) is 2.49. The Hall–Kier alpha value is -2.14. The fourth-order valence-electron chi connectivity index (χ4n) is 1.68. The van der Waals surface area contributed by atoms with Gasteiger partial charge in [-0.05, 0) is 59.1 Å². The largest absolute Gasteiger partial charge is 0.330 e. The van der Waals surface area contributed by atoms with Crippen molar-refractivity contribution in [2.24, 2.45) is 0 Å². The van der Waals surface area contributed by atoms with Crippen molar-refractivity contribution in [1.82, 2.24) is 5.32 Å². The van der Waals surface area contributed by atoms with Gasteiger partial charge in [0.15, 0.2) is 5.11 Å². The van der Waals surface area contributed by atoms with E-state index in [1.54, 1.807) is 18.2 Å². The number of amides is 1. The molecule has 23 heavy (non-hydrogen) atoms. The zero-order valence-corrected chi connectivity index (χ0v) is 14.4. The fourth-order valence-corrected chi connectivity index (χ4v) is 2.43. The Morgan fingerprint density at radius 1 is 1.26 bits per heavy atom. The highest BCUT2D eigenvalue weighted by Gasteiger charge is 2.13. The number of carbonyl (C=O) groups excluding carboxylic acids is 1. The number of nitrogens with zero attached hydrogens (tertiary/aromatic N) is 1. The lowest BCUT2D eigenvalue weighted by molar-refractivity contribution is -0.384. The number of hydrogen-bond donors (Lipinski definition) is 2. The molecule has 0 radical (unpaired) electrons. The summed E-state index contributed by atoms with van der Waals surface area (Å²) in [6, 6.07) is 9.79. The molecule has 2 aromatic carbocycles. The maximum Gasteiger partial charge on any atom is 0.271 e.